The van der Waals surface area contributed by atoms with Gasteiger partial charge in [0.25, 0.3) is 5.91 Å². The number of fused-ring (bicyclic) bond motifs is 1. The summed E-state index contributed by atoms with van der Waals surface area (Å²) in [7, 11) is 0. The summed E-state index contributed by atoms with van der Waals surface area (Å²) in [6.45, 7) is 4.22. The number of carboxylic acids is 1. The number of Topliss-reactive ketones (excluding diaryl/α,β-unsaturated/α-hetero) is 1. The van der Waals surface area contributed by atoms with Crippen molar-refractivity contribution in [2.75, 3.05) is 19.8 Å². The van der Waals surface area contributed by atoms with Crippen molar-refractivity contribution in [3.63, 3.8) is 0 Å². The smallest absolute Gasteiger partial charge is 0.336 e. The van der Waals surface area contributed by atoms with Crippen LogP contribution in [0.5, 0.6) is 0 Å². The van der Waals surface area contributed by atoms with Crippen LogP contribution < -0.4 is 5.32 Å². The molecule has 2 unspecified atom stereocenters. The minimum absolute atomic E-state index is 0.0542. The highest BCUT2D eigenvalue weighted by atomic mass is 16.6. The van der Waals surface area contributed by atoms with Crippen molar-refractivity contribution in [3.8, 4) is 0 Å². The van der Waals surface area contributed by atoms with E-state index in [-0.39, 0.29) is 12.4 Å². The Bertz CT molecular complexity index is 1560. The fraction of sp³-hybridized carbons (Fsp3) is 0.395. The van der Waals surface area contributed by atoms with Crippen LogP contribution in [0.15, 0.2) is 83.5 Å². The number of nitrogens with one attached hydrogen (secondary N) is 1. The number of hydrogen-bond acceptors (Lipinski definition) is 6. The molecular weight excluding hydrogens is 582 g/mol. The lowest BCUT2D eigenvalue weighted by atomic mass is 10.0. The first kappa shape index (κ1) is 34.6. The number of carboxylic acid groups (broad SMARTS) is 1. The number of aryl methyl sites for hydroxylation is 4. The Morgan fingerprint density at radius 3 is 2.17 bits per heavy atom. The van der Waals surface area contributed by atoms with E-state index in [9.17, 15) is 19.5 Å². The van der Waals surface area contributed by atoms with Crippen LogP contribution in [0.2, 0.25) is 0 Å². The molecule has 0 saturated carbocycles. The number of benzene rings is 3. The Balaban J connectivity index is 1.25. The largest absolute Gasteiger partial charge is 0.479 e. The van der Waals surface area contributed by atoms with E-state index in [1.165, 1.54) is 45.4 Å². The Morgan fingerprint density at radius 1 is 0.739 bits per heavy atom. The van der Waals surface area contributed by atoms with Crippen molar-refractivity contribution >= 4 is 28.4 Å². The maximum Gasteiger partial charge on any atom is 0.336 e. The predicted octanol–water partition coefficient (Wildman–Crippen LogP) is 7.03. The number of aliphatic carboxylic acids is 1. The van der Waals surface area contributed by atoms with Gasteiger partial charge in [0.15, 0.2) is 18.0 Å². The highest BCUT2D eigenvalue weighted by molar-refractivity contribution is 5.95. The first-order valence-corrected chi connectivity index (χ1v) is 16.2. The lowest BCUT2D eigenvalue weighted by molar-refractivity contribution is -0.167. The molecular formula is C38H45NO7. The maximum absolute atomic E-state index is 13.2. The first-order valence-electron chi connectivity index (χ1n) is 16.2. The molecule has 46 heavy (non-hydrogen) atoms. The van der Waals surface area contributed by atoms with Crippen LogP contribution in [0.3, 0.4) is 0 Å². The number of hydrogen-bond donors (Lipinski definition) is 2. The molecule has 244 valence electrons. The molecule has 0 fully saturated rings. The van der Waals surface area contributed by atoms with Crippen molar-refractivity contribution in [2.24, 2.45) is 0 Å². The van der Waals surface area contributed by atoms with Gasteiger partial charge in [0.2, 0.25) is 5.78 Å². The van der Waals surface area contributed by atoms with E-state index in [4.69, 9.17) is 13.9 Å². The quantitative estimate of drug-likeness (QED) is 0.0799. The Hall–Kier alpha value is -4.27. The Morgan fingerprint density at radius 2 is 1.46 bits per heavy atom. The lowest BCUT2D eigenvalue weighted by Gasteiger charge is -2.23. The van der Waals surface area contributed by atoms with Gasteiger partial charge in [-0.2, -0.15) is 0 Å². The number of carbonyl (C=O) groups is 3. The minimum Gasteiger partial charge on any atom is -0.479 e. The first-order chi connectivity index (χ1) is 22.3. The van der Waals surface area contributed by atoms with Gasteiger partial charge in [0, 0.05) is 13.2 Å². The van der Waals surface area contributed by atoms with Crippen LogP contribution in [0.4, 0.5) is 0 Å². The molecule has 0 aliphatic heterocycles. The van der Waals surface area contributed by atoms with E-state index in [1.54, 1.807) is 6.07 Å². The van der Waals surface area contributed by atoms with Crippen molar-refractivity contribution in [2.45, 2.75) is 77.4 Å². The SMILES string of the molecule is Cc1ccc(CCCCCOC(C(=O)NCCCCCc2ccc3ccccc3c2)C(OCC(=O)c2ccco2)C(=O)O)cc1C. The molecule has 4 rings (SSSR count). The van der Waals surface area contributed by atoms with Crippen molar-refractivity contribution in [1.29, 1.82) is 0 Å². The highest BCUT2D eigenvalue weighted by Crippen LogP contribution is 2.18. The lowest BCUT2D eigenvalue weighted by Crippen LogP contribution is -2.49. The zero-order valence-electron chi connectivity index (χ0n) is 26.8. The predicted molar refractivity (Wildman–Crippen MR) is 178 cm³/mol. The van der Waals surface area contributed by atoms with Gasteiger partial charge in [-0.25, -0.2) is 4.79 Å². The molecule has 8 nitrogen and oxygen atoms in total. The number of amides is 1. The fourth-order valence-corrected chi connectivity index (χ4v) is 5.38. The summed E-state index contributed by atoms with van der Waals surface area (Å²) < 4.78 is 16.4. The second-order valence-electron chi connectivity index (χ2n) is 11.8. The van der Waals surface area contributed by atoms with Crippen molar-refractivity contribution < 1.29 is 33.4 Å². The summed E-state index contributed by atoms with van der Waals surface area (Å²) in [4.78, 5) is 37.8. The van der Waals surface area contributed by atoms with Gasteiger partial charge in [-0.15, -0.1) is 0 Å². The highest BCUT2D eigenvalue weighted by Gasteiger charge is 2.36. The number of ether oxygens (including phenoxy) is 2. The van der Waals surface area contributed by atoms with Crippen LogP contribution in [-0.4, -0.2) is 54.7 Å². The third kappa shape index (κ3) is 10.7. The summed E-state index contributed by atoms with van der Waals surface area (Å²) >= 11 is 0. The molecule has 0 aliphatic carbocycles. The molecule has 0 bridgehead atoms. The minimum atomic E-state index is -1.65. The zero-order valence-corrected chi connectivity index (χ0v) is 26.8. The zero-order chi connectivity index (χ0) is 32.7. The van der Waals surface area contributed by atoms with E-state index in [0.29, 0.717) is 13.0 Å². The number of unbranched alkanes of at least 4 members (excludes halogenated alkanes) is 4. The summed E-state index contributed by atoms with van der Waals surface area (Å²) in [6, 6.07) is 24.3. The van der Waals surface area contributed by atoms with Gasteiger partial charge >= 0.3 is 5.97 Å². The molecule has 0 saturated heterocycles. The molecule has 4 aromatic rings. The number of rotatable bonds is 20. The topological polar surface area (TPSA) is 115 Å². The molecule has 0 radical (unpaired) electrons. The van der Waals surface area contributed by atoms with E-state index >= 15 is 0 Å². The maximum atomic E-state index is 13.2. The second-order valence-corrected chi connectivity index (χ2v) is 11.8. The molecule has 2 atom stereocenters. The summed E-state index contributed by atoms with van der Waals surface area (Å²) in [5.74, 6) is -2.41. The second kappa shape index (κ2) is 18.0. The van der Waals surface area contributed by atoms with E-state index in [1.807, 2.05) is 12.1 Å². The standard InChI is InChI=1S/C38H45NO7/c1-27-17-18-29(24-28(27)2)12-6-4-10-22-45-35(36(38(42)43)46-26-33(40)34-16-11-23-44-34)37(41)39-21-9-3-5-13-30-19-20-31-14-7-8-15-32(31)25-30/h7-8,11,14-20,23-25,35-36H,3-6,9-10,12-13,21-22,26H2,1-2H3,(H,39,41)(H,42,43). The van der Waals surface area contributed by atoms with Crippen molar-refractivity contribution in [3.05, 3.63) is 107 Å². The molecule has 8 heteroatoms. The fourth-order valence-electron chi connectivity index (χ4n) is 5.38. The number of furan rings is 1. The van der Waals surface area contributed by atoms with E-state index in [0.717, 1.165) is 44.9 Å². The van der Waals surface area contributed by atoms with E-state index < -0.39 is 36.5 Å². The van der Waals surface area contributed by atoms with Crippen LogP contribution in [0.25, 0.3) is 10.8 Å². The molecule has 1 heterocycles. The summed E-state index contributed by atoms with van der Waals surface area (Å²) in [6.07, 6.45) is 5.22. The Labute approximate surface area is 271 Å². The molecule has 1 aromatic heterocycles. The average molecular weight is 628 g/mol. The van der Waals surface area contributed by atoms with Gasteiger partial charge in [-0.1, -0.05) is 73.5 Å². The van der Waals surface area contributed by atoms with Gasteiger partial charge in [0.05, 0.1) is 6.26 Å². The molecule has 0 spiro atoms. The molecule has 0 aliphatic rings. The third-order valence-electron chi connectivity index (χ3n) is 8.20. The average Bonchev–Trinajstić information content (AvgIpc) is 3.60. The van der Waals surface area contributed by atoms with Crippen LogP contribution in [-0.2, 0) is 31.9 Å². The van der Waals surface area contributed by atoms with Gasteiger partial charge in [0.1, 0.15) is 6.61 Å². The van der Waals surface area contributed by atoms with Gasteiger partial charge in [-0.3, -0.25) is 9.59 Å². The van der Waals surface area contributed by atoms with E-state index in [2.05, 4.69) is 67.7 Å². The van der Waals surface area contributed by atoms with Crippen LogP contribution in [0, 0.1) is 13.8 Å². The molecule has 3 aromatic carbocycles. The summed E-state index contributed by atoms with van der Waals surface area (Å²) in [5, 5.41) is 15.2. The van der Waals surface area contributed by atoms with Crippen molar-refractivity contribution in [1.82, 2.24) is 5.32 Å². The van der Waals surface area contributed by atoms with Gasteiger partial charge in [-0.05, 0) is 97.5 Å². The third-order valence-corrected chi connectivity index (χ3v) is 8.20. The monoisotopic (exact) mass is 627 g/mol. The number of carbonyl (C=O) groups excluding carboxylic acids is 2. The molecule has 2 N–H and O–H groups in total. The Kier molecular flexibility index (Phi) is 13.6. The molecule has 1 amide bonds. The number of ketones is 1. The van der Waals surface area contributed by atoms with Crippen LogP contribution in [0.1, 0.15) is 71.3 Å². The van der Waals surface area contributed by atoms with Crippen LogP contribution >= 0.6 is 0 Å². The summed E-state index contributed by atoms with van der Waals surface area (Å²) in [5.41, 5.74) is 5.09. The normalized spacial score (nSPS) is 12.6. The van der Waals surface area contributed by atoms with Gasteiger partial charge < -0.3 is 24.3 Å².